The van der Waals surface area contributed by atoms with Crippen LogP contribution in [0.25, 0.3) is 0 Å². The molecule has 1 aromatic rings. The van der Waals surface area contributed by atoms with Crippen molar-refractivity contribution in [2.75, 3.05) is 0 Å². The second-order valence-electron chi connectivity index (χ2n) is 1.98. The molecule has 3 nitrogen and oxygen atoms in total. The molecule has 1 aromatic heterocycles. The van der Waals surface area contributed by atoms with Crippen molar-refractivity contribution in [1.29, 1.82) is 0 Å². The van der Waals surface area contributed by atoms with Crippen LogP contribution in [0.15, 0.2) is 6.33 Å². The Morgan fingerprint density at radius 3 is 3.60 bits per heavy atom. The Kier molecular flexibility index (Phi) is 0.559. The Hall–Kier alpha value is -0.860. The zero-order valence-electron chi connectivity index (χ0n) is 11.3. The fraction of sp³-hybridized carbons (Fsp3) is 0.714. The highest BCUT2D eigenvalue weighted by Gasteiger charge is 2.06. The summed E-state index contributed by atoms with van der Waals surface area (Å²) >= 11 is 0. The van der Waals surface area contributed by atoms with Crippen molar-refractivity contribution in [3.63, 3.8) is 0 Å². The maximum absolute atomic E-state index is 7.74. The highest BCUT2D eigenvalue weighted by Crippen LogP contribution is 2.10. The Balaban J connectivity index is 2.54. The predicted octanol–water partition coefficient (Wildman–Crippen LogP) is 1.00. The smallest absolute Gasteiger partial charge is 0.132 e. The number of fused-ring (bicyclic) bond motifs is 1. The molecule has 0 saturated heterocycles. The molecule has 0 N–H and O–H groups in total. The van der Waals surface area contributed by atoms with Crippen LogP contribution < -0.4 is 0 Å². The third-order valence-electron chi connectivity index (χ3n) is 1.33. The van der Waals surface area contributed by atoms with E-state index in [1.165, 1.54) is 6.33 Å². The van der Waals surface area contributed by atoms with Crippen molar-refractivity contribution in [3.8, 4) is 0 Å². The molecule has 0 bridgehead atoms. The van der Waals surface area contributed by atoms with E-state index in [2.05, 4.69) is 10.2 Å². The quantitative estimate of drug-likeness (QED) is 0.542. The highest BCUT2D eigenvalue weighted by molar-refractivity contribution is 4.87. The van der Waals surface area contributed by atoms with Crippen LogP contribution in [0.4, 0.5) is 0 Å². The first kappa shape index (κ1) is 2.32. The van der Waals surface area contributed by atoms with Gasteiger partial charge in [-0.3, -0.25) is 0 Å². The van der Waals surface area contributed by atoms with Gasteiger partial charge in [-0.05, 0) is 12.8 Å². The normalized spacial score (nSPS) is 42.0. The Labute approximate surface area is 68.5 Å². The molecule has 0 saturated carbocycles. The summed E-state index contributed by atoms with van der Waals surface area (Å²) in [5.41, 5.74) is 0. The summed E-state index contributed by atoms with van der Waals surface area (Å²) in [6.07, 6.45) is -4.05. The second-order valence-corrected chi connectivity index (χ2v) is 1.98. The third kappa shape index (κ3) is 0.916. The van der Waals surface area contributed by atoms with Gasteiger partial charge in [0, 0.05) is 21.1 Å². The zero-order chi connectivity index (χ0) is 12.2. The third-order valence-corrected chi connectivity index (χ3v) is 1.33. The minimum Gasteiger partial charge on any atom is -0.318 e. The zero-order valence-corrected chi connectivity index (χ0v) is 5.33. The predicted molar refractivity (Wildman–Crippen MR) is 37.6 cm³/mol. The fourth-order valence-corrected chi connectivity index (χ4v) is 0.840. The van der Waals surface area contributed by atoms with Crippen LogP contribution >= 0.6 is 0 Å². The van der Waals surface area contributed by atoms with E-state index < -0.39 is 25.7 Å². The Morgan fingerprint density at radius 1 is 1.60 bits per heavy atom. The van der Waals surface area contributed by atoms with Crippen molar-refractivity contribution >= 4 is 0 Å². The van der Waals surface area contributed by atoms with Gasteiger partial charge in [0.1, 0.15) is 12.2 Å². The van der Waals surface area contributed by atoms with Crippen molar-refractivity contribution < 1.29 is 8.22 Å². The van der Waals surface area contributed by atoms with Crippen LogP contribution in [0.3, 0.4) is 0 Å². The monoisotopic (exact) mass is 143 g/mol. The van der Waals surface area contributed by atoms with Crippen molar-refractivity contribution in [3.05, 3.63) is 12.2 Å². The number of aryl methyl sites for hydroxylation is 2. The van der Waals surface area contributed by atoms with E-state index in [1.807, 2.05) is 0 Å². The second kappa shape index (κ2) is 2.40. The molecule has 2 heterocycles. The molecule has 0 unspecified atom stereocenters. The molecule has 54 valence electrons. The Bertz CT molecular complexity index is 412. The van der Waals surface area contributed by atoms with Gasteiger partial charge in [0.25, 0.3) is 0 Å². The van der Waals surface area contributed by atoms with Crippen LogP contribution in [0.5, 0.6) is 0 Å². The van der Waals surface area contributed by atoms with Crippen molar-refractivity contribution in [2.24, 2.45) is 0 Å². The number of hydrogen-bond donors (Lipinski definition) is 0. The first-order valence-electron chi connectivity index (χ1n) is 6.05. The van der Waals surface area contributed by atoms with Gasteiger partial charge in [-0.15, -0.1) is 10.2 Å². The molecule has 2 rings (SSSR count). The summed E-state index contributed by atoms with van der Waals surface area (Å²) in [4.78, 5) is 0. The van der Waals surface area contributed by atoms with Gasteiger partial charge in [0.15, 0.2) is 0 Å². The maximum Gasteiger partial charge on any atom is 0.132 e. The van der Waals surface area contributed by atoms with E-state index in [-0.39, 0.29) is 12.2 Å². The molecule has 0 fully saturated rings. The van der Waals surface area contributed by atoms with Crippen LogP contribution in [0.1, 0.15) is 33.2 Å². The molecule has 0 aliphatic carbocycles. The molecule has 3 heteroatoms. The lowest BCUT2D eigenvalue weighted by atomic mass is 10.2. The molecule has 1 aliphatic rings. The molecule has 0 spiro atoms. The maximum atomic E-state index is 7.74. The molecule has 0 amide bonds. The van der Waals surface area contributed by atoms with Crippen molar-refractivity contribution in [2.45, 2.75) is 32.1 Å². The number of rotatable bonds is 0. The van der Waals surface area contributed by atoms with E-state index >= 15 is 0 Å². The van der Waals surface area contributed by atoms with Gasteiger partial charge in [-0.2, -0.15) is 0 Å². The first-order valence-corrected chi connectivity index (χ1v) is 3.05. The van der Waals surface area contributed by atoms with E-state index in [4.69, 9.17) is 8.22 Å². The van der Waals surface area contributed by atoms with Crippen LogP contribution in [0.2, 0.25) is 0 Å². The number of aromatic nitrogens is 3. The standard InChI is InChI=1S/C7H11N3/c1-2-4-7-9-8-6-10(7)5-3-1/h6H,1-5H2/i1D2,2D2,5D2. The van der Waals surface area contributed by atoms with Crippen molar-refractivity contribution in [1.82, 2.24) is 14.8 Å². The number of nitrogens with zero attached hydrogens (tertiary/aromatic N) is 3. The van der Waals surface area contributed by atoms with E-state index in [0.717, 1.165) is 4.57 Å². The average molecular weight is 143 g/mol. The molecule has 0 radical (unpaired) electrons. The van der Waals surface area contributed by atoms with Gasteiger partial charge < -0.3 is 4.57 Å². The van der Waals surface area contributed by atoms with Gasteiger partial charge in [0.05, 0.1) is 0 Å². The van der Waals surface area contributed by atoms with Crippen LogP contribution in [-0.4, -0.2) is 14.8 Å². The van der Waals surface area contributed by atoms with E-state index in [9.17, 15) is 0 Å². The molecule has 10 heavy (non-hydrogen) atoms. The van der Waals surface area contributed by atoms with Gasteiger partial charge in [-0.25, -0.2) is 0 Å². The first-order chi connectivity index (χ1) is 7.16. The van der Waals surface area contributed by atoms with E-state index in [0.29, 0.717) is 0 Å². The molecular weight excluding hydrogens is 126 g/mol. The van der Waals surface area contributed by atoms with E-state index in [1.54, 1.807) is 0 Å². The summed E-state index contributed by atoms with van der Waals surface area (Å²) in [7, 11) is 0. The van der Waals surface area contributed by atoms with Crippen LogP contribution in [-0.2, 0) is 12.9 Å². The van der Waals surface area contributed by atoms with Gasteiger partial charge >= 0.3 is 0 Å². The largest absolute Gasteiger partial charge is 0.318 e. The minimum absolute atomic E-state index is 0.136. The lowest BCUT2D eigenvalue weighted by Crippen LogP contribution is -1.98. The Morgan fingerprint density at radius 2 is 2.60 bits per heavy atom. The highest BCUT2D eigenvalue weighted by atomic mass is 15.3. The summed E-state index contributed by atoms with van der Waals surface area (Å²) in [6.45, 7) is -2.01. The number of hydrogen-bond acceptors (Lipinski definition) is 2. The summed E-state index contributed by atoms with van der Waals surface area (Å²) in [6, 6.07) is 0. The SMILES string of the molecule is [2H]C1([2H])CC([2H])([2H])C([2H])([2H])Cc2nncn21. The summed E-state index contributed by atoms with van der Waals surface area (Å²) < 4.78 is 47.2. The fourth-order valence-electron chi connectivity index (χ4n) is 0.840. The lowest BCUT2D eigenvalue weighted by Gasteiger charge is -1.97. The summed E-state index contributed by atoms with van der Waals surface area (Å²) in [5, 5.41) is 7.18. The average Bonchev–Trinajstić information content (AvgIpc) is 2.46. The van der Waals surface area contributed by atoms with Gasteiger partial charge in [0.2, 0.25) is 0 Å². The topological polar surface area (TPSA) is 30.7 Å². The molecular formula is C7H11N3. The summed E-state index contributed by atoms with van der Waals surface area (Å²) in [5.74, 6) is 0.136. The molecule has 0 atom stereocenters. The minimum atomic E-state index is -2.24. The van der Waals surface area contributed by atoms with Gasteiger partial charge in [-0.1, -0.05) is 6.37 Å². The lowest BCUT2D eigenvalue weighted by molar-refractivity contribution is 0.632. The van der Waals surface area contributed by atoms with Crippen LogP contribution in [0, 0.1) is 0 Å². The molecule has 0 aromatic carbocycles. The molecule has 1 aliphatic heterocycles.